The quantitative estimate of drug-likeness (QED) is 0.545. The number of aliphatic imine (C=N–C) groups is 1. The molecule has 1 heterocycles. The zero-order valence-corrected chi connectivity index (χ0v) is 10.8. The fourth-order valence-corrected chi connectivity index (χ4v) is 1.87. The first-order valence-electron chi connectivity index (χ1n) is 5.82. The summed E-state index contributed by atoms with van der Waals surface area (Å²) in [6.45, 7) is 1.65. The lowest BCUT2D eigenvalue weighted by Crippen LogP contribution is -2.55. The Morgan fingerprint density at radius 3 is 2.80 bits per heavy atom. The third kappa shape index (κ3) is 2.75. The molecule has 0 bridgehead atoms. The molecule has 1 aromatic rings. The number of rotatable bonds is 3. The predicted octanol–water partition coefficient (Wildman–Crippen LogP) is 0.368. The van der Waals surface area contributed by atoms with Crippen LogP contribution in [0, 0.1) is 22.9 Å². The van der Waals surface area contributed by atoms with Gasteiger partial charge in [0.2, 0.25) is 5.84 Å². The van der Waals surface area contributed by atoms with E-state index in [2.05, 4.69) is 10.3 Å². The number of nitro groups is 1. The number of amidine groups is 1. The second-order valence-electron chi connectivity index (χ2n) is 4.61. The molecule has 8 heteroatoms. The van der Waals surface area contributed by atoms with Gasteiger partial charge in [-0.15, -0.1) is 0 Å². The first-order valence-corrected chi connectivity index (χ1v) is 5.82. The average molecular weight is 279 g/mol. The molecule has 0 radical (unpaired) electrons. The molecule has 0 amide bonds. The van der Waals surface area contributed by atoms with Crippen LogP contribution in [0.25, 0.3) is 0 Å². The van der Waals surface area contributed by atoms with Crippen molar-refractivity contribution < 1.29 is 9.31 Å². The SMILES string of the molecule is Cc1ccc(CC2(N)N=C(N)C([N+](=O)[O-])=CN2)cc1F. The van der Waals surface area contributed by atoms with Crippen molar-refractivity contribution in [1.82, 2.24) is 5.32 Å². The summed E-state index contributed by atoms with van der Waals surface area (Å²) in [6, 6.07) is 4.69. The Morgan fingerprint density at radius 2 is 2.25 bits per heavy atom. The molecule has 1 atom stereocenters. The van der Waals surface area contributed by atoms with Crippen molar-refractivity contribution >= 4 is 5.84 Å². The molecule has 2 rings (SSSR count). The van der Waals surface area contributed by atoms with Gasteiger partial charge >= 0.3 is 5.70 Å². The van der Waals surface area contributed by atoms with Crippen LogP contribution in [-0.2, 0) is 6.42 Å². The minimum Gasteiger partial charge on any atom is -0.378 e. The first-order chi connectivity index (χ1) is 9.31. The summed E-state index contributed by atoms with van der Waals surface area (Å²) < 4.78 is 13.5. The van der Waals surface area contributed by atoms with Crippen molar-refractivity contribution in [1.29, 1.82) is 0 Å². The van der Waals surface area contributed by atoms with Crippen molar-refractivity contribution in [2.75, 3.05) is 0 Å². The van der Waals surface area contributed by atoms with Crippen molar-refractivity contribution in [2.45, 2.75) is 19.1 Å². The lowest BCUT2D eigenvalue weighted by Gasteiger charge is -2.28. The van der Waals surface area contributed by atoms with Gasteiger partial charge < -0.3 is 11.1 Å². The molecule has 7 nitrogen and oxygen atoms in total. The molecule has 0 aliphatic carbocycles. The molecule has 0 aromatic heterocycles. The second-order valence-corrected chi connectivity index (χ2v) is 4.61. The van der Waals surface area contributed by atoms with Gasteiger partial charge in [0.15, 0.2) is 5.79 Å². The summed E-state index contributed by atoms with van der Waals surface area (Å²) in [4.78, 5) is 13.9. The predicted molar refractivity (Wildman–Crippen MR) is 71.6 cm³/mol. The Balaban J connectivity index is 2.22. The van der Waals surface area contributed by atoms with Gasteiger partial charge in [-0.1, -0.05) is 12.1 Å². The highest BCUT2D eigenvalue weighted by atomic mass is 19.1. The van der Waals surface area contributed by atoms with E-state index in [1.807, 2.05) is 0 Å². The monoisotopic (exact) mass is 279 g/mol. The summed E-state index contributed by atoms with van der Waals surface area (Å²) in [5.41, 5.74) is 12.3. The van der Waals surface area contributed by atoms with Crippen LogP contribution in [0.1, 0.15) is 11.1 Å². The van der Waals surface area contributed by atoms with Crippen LogP contribution in [-0.4, -0.2) is 16.5 Å². The number of halogens is 1. The Bertz CT molecular complexity index is 628. The van der Waals surface area contributed by atoms with Gasteiger partial charge in [-0.2, -0.15) is 0 Å². The topological polar surface area (TPSA) is 120 Å². The highest BCUT2D eigenvalue weighted by molar-refractivity contribution is 5.95. The zero-order valence-electron chi connectivity index (χ0n) is 10.8. The minimum atomic E-state index is -1.33. The molecular formula is C12H14FN5O2. The molecule has 0 fully saturated rings. The number of nitrogens with zero attached hydrogens (tertiary/aromatic N) is 2. The highest BCUT2D eigenvalue weighted by Gasteiger charge is 2.32. The summed E-state index contributed by atoms with van der Waals surface area (Å²) in [6.07, 6.45) is 1.25. The van der Waals surface area contributed by atoms with E-state index in [1.165, 1.54) is 6.07 Å². The fourth-order valence-electron chi connectivity index (χ4n) is 1.87. The standard InChI is InChI=1S/C12H14FN5O2/c1-7-2-3-8(4-9(7)13)5-12(15)16-6-10(18(19)20)11(14)17-12/h2-4,6,16H,5,15H2,1H3,(H2,14,17). The fraction of sp³-hybridized carbons (Fsp3) is 0.250. The third-order valence-electron chi connectivity index (χ3n) is 2.95. The normalized spacial score (nSPS) is 21.8. The van der Waals surface area contributed by atoms with E-state index in [0.717, 1.165) is 6.20 Å². The maximum Gasteiger partial charge on any atom is 0.326 e. The Labute approximate surface area is 114 Å². The molecule has 1 aliphatic heterocycles. The molecular weight excluding hydrogens is 265 g/mol. The Hall–Kier alpha value is -2.48. The van der Waals surface area contributed by atoms with Crippen molar-refractivity contribution in [2.24, 2.45) is 16.5 Å². The number of hydrogen-bond acceptors (Lipinski definition) is 6. The maximum atomic E-state index is 13.5. The van der Waals surface area contributed by atoms with Gasteiger partial charge in [-0.05, 0) is 24.1 Å². The van der Waals surface area contributed by atoms with Crippen LogP contribution in [0.2, 0.25) is 0 Å². The van der Waals surface area contributed by atoms with Gasteiger partial charge in [0.25, 0.3) is 0 Å². The molecule has 1 aromatic carbocycles. The van der Waals surface area contributed by atoms with Gasteiger partial charge in [0.1, 0.15) is 5.82 Å². The van der Waals surface area contributed by atoms with E-state index in [-0.39, 0.29) is 23.8 Å². The van der Waals surface area contributed by atoms with Crippen LogP contribution >= 0.6 is 0 Å². The van der Waals surface area contributed by atoms with E-state index >= 15 is 0 Å². The lowest BCUT2D eigenvalue weighted by atomic mass is 10.0. The van der Waals surface area contributed by atoms with Crippen molar-refractivity contribution in [3.05, 3.63) is 57.2 Å². The molecule has 0 saturated carbocycles. The third-order valence-corrected chi connectivity index (χ3v) is 2.95. The van der Waals surface area contributed by atoms with Crippen molar-refractivity contribution in [3.63, 3.8) is 0 Å². The van der Waals surface area contributed by atoms with Crippen LogP contribution in [0.15, 0.2) is 35.1 Å². The minimum absolute atomic E-state index is 0.145. The van der Waals surface area contributed by atoms with Gasteiger partial charge in [0.05, 0.1) is 11.1 Å². The van der Waals surface area contributed by atoms with E-state index in [4.69, 9.17) is 11.5 Å². The van der Waals surface area contributed by atoms with Crippen LogP contribution in [0.3, 0.4) is 0 Å². The Morgan fingerprint density at radius 1 is 1.55 bits per heavy atom. The Kier molecular flexibility index (Phi) is 3.41. The molecule has 0 spiro atoms. The molecule has 106 valence electrons. The largest absolute Gasteiger partial charge is 0.378 e. The smallest absolute Gasteiger partial charge is 0.326 e. The van der Waals surface area contributed by atoms with E-state index in [1.54, 1.807) is 19.1 Å². The van der Waals surface area contributed by atoms with E-state index < -0.39 is 10.7 Å². The van der Waals surface area contributed by atoms with Crippen LogP contribution < -0.4 is 16.8 Å². The molecule has 1 unspecified atom stereocenters. The highest BCUT2D eigenvalue weighted by Crippen LogP contribution is 2.17. The number of hydrogen-bond donors (Lipinski definition) is 3. The van der Waals surface area contributed by atoms with Gasteiger partial charge in [0, 0.05) is 6.42 Å². The van der Waals surface area contributed by atoms with Gasteiger partial charge in [-0.3, -0.25) is 15.8 Å². The summed E-state index contributed by atoms with van der Waals surface area (Å²) in [5.74, 6) is -1.94. The number of aryl methyl sites for hydroxylation is 1. The zero-order chi connectivity index (χ0) is 14.9. The molecule has 0 saturated heterocycles. The number of nitrogens with one attached hydrogen (secondary N) is 1. The van der Waals surface area contributed by atoms with E-state index in [9.17, 15) is 14.5 Å². The van der Waals surface area contributed by atoms with Crippen LogP contribution in [0.4, 0.5) is 4.39 Å². The number of benzene rings is 1. The molecule has 1 aliphatic rings. The first kappa shape index (κ1) is 13.9. The maximum absolute atomic E-state index is 13.5. The average Bonchev–Trinajstić information content (AvgIpc) is 2.33. The lowest BCUT2D eigenvalue weighted by molar-refractivity contribution is -0.416. The summed E-state index contributed by atoms with van der Waals surface area (Å²) >= 11 is 0. The van der Waals surface area contributed by atoms with E-state index in [0.29, 0.717) is 11.1 Å². The second kappa shape index (κ2) is 4.89. The number of nitrogens with two attached hydrogens (primary N) is 2. The summed E-state index contributed by atoms with van der Waals surface area (Å²) in [7, 11) is 0. The summed E-state index contributed by atoms with van der Waals surface area (Å²) in [5, 5.41) is 13.3. The molecule has 20 heavy (non-hydrogen) atoms. The van der Waals surface area contributed by atoms with Crippen LogP contribution in [0.5, 0.6) is 0 Å². The molecule has 5 N–H and O–H groups in total. The van der Waals surface area contributed by atoms with Gasteiger partial charge in [-0.25, -0.2) is 9.38 Å². The van der Waals surface area contributed by atoms with Crippen molar-refractivity contribution in [3.8, 4) is 0 Å².